The first kappa shape index (κ1) is 27.2. The molecule has 2 aromatic rings. The van der Waals surface area contributed by atoms with E-state index in [0.717, 1.165) is 27.6 Å². The van der Waals surface area contributed by atoms with E-state index < -0.39 is 5.97 Å². The molecule has 1 aromatic carbocycles. The van der Waals surface area contributed by atoms with Gasteiger partial charge in [-0.05, 0) is 0 Å². The van der Waals surface area contributed by atoms with Crippen molar-refractivity contribution in [2.45, 2.75) is 84.5 Å². The van der Waals surface area contributed by atoms with E-state index in [4.69, 9.17) is 14.5 Å². The van der Waals surface area contributed by atoms with Crippen LogP contribution in [0.3, 0.4) is 0 Å². The predicted molar refractivity (Wildman–Crippen MR) is 139 cm³/mol. The number of pyridine rings is 1. The number of carboxylic acid groups (broad SMARTS) is 1. The number of aryl methyl sites for hydroxylation is 1. The molecule has 0 radical (unpaired) electrons. The average molecular weight is 547 g/mol. The van der Waals surface area contributed by atoms with E-state index >= 15 is 0 Å². The first-order valence-electron chi connectivity index (χ1n) is 12.4. The summed E-state index contributed by atoms with van der Waals surface area (Å²) >= 11 is -0.163. The van der Waals surface area contributed by atoms with Crippen LogP contribution in [0.25, 0.3) is 0 Å². The van der Waals surface area contributed by atoms with Crippen molar-refractivity contribution in [2.75, 3.05) is 13.2 Å². The molecule has 1 N–H and O–H groups in total. The fourth-order valence-electron chi connectivity index (χ4n) is 4.51. The van der Waals surface area contributed by atoms with Gasteiger partial charge >= 0.3 is 215 Å². The van der Waals surface area contributed by atoms with Crippen molar-refractivity contribution in [2.24, 2.45) is 0 Å². The van der Waals surface area contributed by atoms with Gasteiger partial charge in [-0.25, -0.2) is 0 Å². The van der Waals surface area contributed by atoms with Crippen molar-refractivity contribution in [3.8, 4) is 5.75 Å². The van der Waals surface area contributed by atoms with Crippen molar-refractivity contribution in [1.82, 2.24) is 4.98 Å². The second-order valence-corrected chi connectivity index (χ2v) is 12.5. The second kappa shape index (κ2) is 11.1. The molecule has 3 rings (SSSR count). The van der Waals surface area contributed by atoms with E-state index in [1.165, 1.54) is 11.1 Å². The van der Waals surface area contributed by atoms with Gasteiger partial charge in [0, 0.05) is 0 Å². The molecule has 0 amide bonds. The predicted octanol–water partition coefficient (Wildman–Crippen LogP) is 4.07. The van der Waals surface area contributed by atoms with E-state index in [1.54, 1.807) is 13.0 Å². The van der Waals surface area contributed by atoms with Crippen LogP contribution in [0, 0.1) is 0 Å². The zero-order valence-electron chi connectivity index (χ0n) is 21.7. The van der Waals surface area contributed by atoms with Crippen LogP contribution in [-0.4, -0.2) is 50.2 Å². The molecule has 1 aromatic heterocycles. The van der Waals surface area contributed by atoms with E-state index in [0.29, 0.717) is 38.2 Å². The van der Waals surface area contributed by atoms with Gasteiger partial charge in [-0.3, -0.25) is 0 Å². The Morgan fingerprint density at radius 3 is 2.31 bits per heavy atom. The van der Waals surface area contributed by atoms with Crippen LogP contribution in [0.5, 0.6) is 5.75 Å². The standard InChI is InChI=1S/C28H37NO5Se/c1-7-21-18(26(31)32)11-12-24(29-21)35-23-17-20-19(27(3,4)13-14-28(20,5)6)16-22(23)34-15-9-10-25(30)33-8-2/h11-12,16-17H,7-10,13-15H2,1-6H3,(H,31,32). The first-order valence-corrected chi connectivity index (χ1v) is 14.1. The zero-order chi connectivity index (χ0) is 25.8. The number of fused-ring (bicyclic) bond motifs is 1. The van der Waals surface area contributed by atoms with E-state index in [9.17, 15) is 14.7 Å². The number of carboxylic acids is 1. The minimum absolute atomic E-state index is 0.0518. The van der Waals surface area contributed by atoms with Crippen LogP contribution in [-0.2, 0) is 26.8 Å². The van der Waals surface area contributed by atoms with E-state index in [2.05, 4.69) is 39.8 Å². The maximum absolute atomic E-state index is 11.7. The van der Waals surface area contributed by atoms with Crippen LogP contribution in [0.15, 0.2) is 24.3 Å². The molecule has 1 aliphatic rings. The van der Waals surface area contributed by atoms with Gasteiger partial charge in [0.15, 0.2) is 0 Å². The number of hydrogen-bond acceptors (Lipinski definition) is 5. The Bertz CT molecular complexity index is 1090. The Kier molecular flexibility index (Phi) is 8.66. The van der Waals surface area contributed by atoms with Crippen molar-refractivity contribution in [3.63, 3.8) is 0 Å². The minimum atomic E-state index is -0.947. The van der Waals surface area contributed by atoms with Crippen molar-refractivity contribution >= 4 is 35.9 Å². The van der Waals surface area contributed by atoms with Crippen molar-refractivity contribution < 1.29 is 24.2 Å². The molecule has 0 saturated carbocycles. The first-order chi connectivity index (χ1) is 16.5. The summed E-state index contributed by atoms with van der Waals surface area (Å²) in [5.41, 5.74) is 3.65. The summed E-state index contributed by atoms with van der Waals surface area (Å²) in [5.74, 6) is -0.319. The fourth-order valence-corrected chi connectivity index (χ4v) is 6.43. The summed E-state index contributed by atoms with van der Waals surface area (Å²) in [6.07, 6.45) is 3.70. The zero-order valence-corrected chi connectivity index (χ0v) is 23.4. The molecule has 0 bridgehead atoms. The van der Waals surface area contributed by atoms with Crippen LogP contribution in [0.1, 0.15) is 94.4 Å². The fraction of sp³-hybridized carbons (Fsp3) is 0.536. The van der Waals surface area contributed by atoms with Gasteiger partial charge in [-0.1, -0.05) is 0 Å². The average Bonchev–Trinajstić information content (AvgIpc) is 2.80. The number of aromatic nitrogens is 1. The monoisotopic (exact) mass is 547 g/mol. The third-order valence-corrected chi connectivity index (χ3v) is 8.78. The quantitative estimate of drug-likeness (QED) is 0.275. The number of nitrogens with zero attached hydrogens (tertiary/aromatic N) is 1. The molecular weight excluding hydrogens is 509 g/mol. The Labute approximate surface area is 215 Å². The summed E-state index contributed by atoms with van der Waals surface area (Å²) < 4.78 is 13.3. The van der Waals surface area contributed by atoms with Gasteiger partial charge < -0.3 is 0 Å². The van der Waals surface area contributed by atoms with Gasteiger partial charge in [0.25, 0.3) is 0 Å². The summed E-state index contributed by atoms with van der Waals surface area (Å²) in [7, 11) is 0. The molecule has 0 atom stereocenters. The number of esters is 1. The molecule has 0 unspecified atom stereocenters. The van der Waals surface area contributed by atoms with Gasteiger partial charge in [-0.15, -0.1) is 0 Å². The van der Waals surface area contributed by atoms with Crippen molar-refractivity contribution in [1.29, 1.82) is 0 Å². The number of aromatic carboxylic acids is 1. The Morgan fingerprint density at radius 2 is 1.71 bits per heavy atom. The topological polar surface area (TPSA) is 85.7 Å². The van der Waals surface area contributed by atoms with Crippen LogP contribution >= 0.6 is 0 Å². The molecule has 0 aliphatic heterocycles. The molecule has 0 fully saturated rings. The number of rotatable bonds is 10. The summed E-state index contributed by atoms with van der Waals surface area (Å²) in [6, 6.07) is 7.97. The molecule has 7 heteroatoms. The maximum atomic E-state index is 11.7. The van der Waals surface area contributed by atoms with Crippen molar-refractivity contribution in [3.05, 3.63) is 46.6 Å². The van der Waals surface area contributed by atoms with Crippen LogP contribution in [0.2, 0.25) is 0 Å². The van der Waals surface area contributed by atoms with Gasteiger partial charge in [0.1, 0.15) is 0 Å². The van der Waals surface area contributed by atoms with Crippen LogP contribution < -0.4 is 13.8 Å². The Balaban J connectivity index is 1.96. The molecular formula is C28H37NO5Se. The number of benzene rings is 1. The number of ether oxygens (including phenoxy) is 2. The van der Waals surface area contributed by atoms with Crippen LogP contribution in [0.4, 0.5) is 0 Å². The van der Waals surface area contributed by atoms with Gasteiger partial charge in [0.2, 0.25) is 0 Å². The normalized spacial score (nSPS) is 15.8. The molecule has 1 aliphatic carbocycles. The molecule has 1 heterocycles. The number of carbonyl (C=O) groups is 2. The SMILES string of the molecule is CCOC(=O)CCCOc1cc2c(cc1[Se]c1ccc(C(=O)O)c(CC)n1)C(C)(C)CCC2(C)C. The molecule has 0 saturated heterocycles. The summed E-state index contributed by atoms with van der Waals surface area (Å²) in [6.45, 7) is 13.7. The second-order valence-electron chi connectivity index (χ2n) is 10.3. The molecule has 190 valence electrons. The Morgan fingerprint density at radius 1 is 1.06 bits per heavy atom. The third-order valence-electron chi connectivity index (χ3n) is 6.73. The van der Waals surface area contributed by atoms with E-state index in [1.807, 2.05) is 13.0 Å². The molecule has 6 nitrogen and oxygen atoms in total. The summed E-state index contributed by atoms with van der Waals surface area (Å²) in [5, 5.41) is 9.47. The Hall–Kier alpha value is -2.37. The van der Waals surface area contributed by atoms with Gasteiger partial charge in [0.05, 0.1) is 0 Å². The molecule has 35 heavy (non-hydrogen) atoms. The van der Waals surface area contributed by atoms with E-state index in [-0.39, 0.29) is 37.3 Å². The summed E-state index contributed by atoms with van der Waals surface area (Å²) in [4.78, 5) is 28.0. The number of hydrogen-bond donors (Lipinski definition) is 1. The molecule has 0 spiro atoms. The van der Waals surface area contributed by atoms with Gasteiger partial charge in [-0.2, -0.15) is 0 Å². The number of carbonyl (C=O) groups excluding carboxylic acids is 1. The third kappa shape index (κ3) is 6.45.